The predicted molar refractivity (Wildman–Crippen MR) is 160 cm³/mol. The third kappa shape index (κ3) is 5.95. The summed E-state index contributed by atoms with van der Waals surface area (Å²) < 4.78 is 12.9. The maximum atomic E-state index is 12.9. The van der Waals surface area contributed by atoms with Crippen LogP contribution >= 0.6 is 22.9 Å². The number of aromatic nitrogens is 5. The number of hydrogen-bond acceptors (Lipinski definition) is 11. The van der Waals surface area contributed by atoms with Gasteiger partial charge in [-0.3, -0.25) is 4.57 Å². The molecule has 0 bridgehead atoms. The average Bonchev–Trinajstić information content (AvgIpc) is 3.68. The number of anilines is 1. The number of nitrogens with two attached hydrogens (primary N) is 1. The van der Waals surface area contributed by atoms with Gasteiger partial charge in [-0.05, 0) is 35.2 Å². The van der Waals surface area contributed by atoms with Gasteiger partial charge in [0.2, 0.25) is 10.9 Å². The maximum absolute atomic E-state index is 12.9. The number of benzene rings is 2. The topological polar surface area (TPSA) is 179 Å². The average molecular weight is 625 g/mol. The van der Waals surface area contributed by atoms with Crippen molar-refractivity contribution in [1.82, 2.24) is 24.5 Å². The summed E-state index contributed by atoms with van der Waals surface area (Å²) in [5.41, 5.74) is 6.57. The van der Waals surface area contributed by atoms with Crippen molar-refractivity contribution >= 4 is 45.9 Å². The minimum absolute atomic E-state index is 0.00137. The first-order valence-electron chi connectivity index (χ1n) is 13.1. The number of nitrogen functional groups attached to an aromatic ring is 1. The fourth-order valence-electron chi connectivity index (χ4n) is 4.84. The lowest BCUT2D eigenvalue weighted by molar-refractivity contribution is -0.208. The Bertz CT molecular complexity index is 1700. The summed E-state index contributed by atoms with van der Waals surface area (Å²) in [4.78, 5) is 29.2. The normalized spacial score (nSPS) is 15.9. The van der Waals surface area contributed by atoms with Crippen LogP contribution in [0.15, 0.2) is 71.8 Å². The van der Waals surface area contributed by atoms with Crippen molar-refractivity contribution < 1.29 is 29.6 Å². The fourth-order valence-corrected chi connectivity index (χ4v) is 5.62. The molecule has 0 fully saturated rings. The highest BCUT2D eigenvalue weighted by Gasteiger charge is 2.48. The number of aliphatic hydroxyl groups is 2. The highest BCUT2D eigenvalue weighted by atomic mass is 35.5. The summed E-state index contributed by atoms with van der Waals surface area (Å²) in [5, 5.41) is 34.8. The summed E-state index contributed by atoms with van der Waals surface area (Å²) in [7, 11) is 1.31. The molecular formula is C29H29ClN6O6S. The zero-order valence-electron chi connectivity index (χ0n) is 23.2. The Hall–Kier alpha value is -3.98. The number of imidazole rings is 1. The van der Waals surface area contributed by atoms with E-state index in [1.54, 1.807) is 5.38 Å². The highest BCUT2D eigenvalue weighted by Crippen LogP contribution is 2.35. The number of nitrogens with zero attached hydrogens (tertiary/aromatic N) is 5. The highest BCUT2D eigenvalue weighted by molar-refractivity contribution is 7.07. The Labute approximate surface area is 255 Å². The number of carbonyl (C=O) groups is 1. The molecule has 43 heavy (non-hydrogen) atoms. The van der Waals surface area contributed by atoms with E-state index in [9.17, 15) is 20.1 Å². The quantitative estimate of drug-likeness (QED) is 0.149. The van der Waals surface area contributed by atoms with Gasteiger partial charge in [-0.25, -0.2) is 14.8 Å². The summed E-state index contributed by atoms with van der Waals surface area (Å²) >= 11 is 7.18. The largest absolute Gasteiger partial charge is 0.479 e. The third-order valence-corrected chi connectivity index (χ3v) is 8.09. The van der Waals surface area contributed by atoms with E-state index < -0.39 is 36.1 Å². The molecule has 0 radical (unpaired) electrons. The minimum atomic E-state index is -2.04. The number of carboxylic acids is 1. The van der Waals surface area contributed by atoms with Gasteiger partial charge in [-0.15, -0.1) is 11.3 Å². The van der Waals surface area contributed by atoms with Crippen molar-refractivity contribution in [1.29, 1.82) is 0 Å². The smallest absolute Gasteiger partial charge is 0.342 e. The first-order valence-corrected chi connectivity index (χ1v) is 14.4. The van der Waals surface area contributed by atoms with Gasteiger partial charge in [0.1, 0.15) is 17.2 Å². The van der Waals surface area contributed by atoms with Gasteiger partial charge in [-0.1, -0.05) is 54.6 Å². The van der Waals surface area contributed by atoms with E-state index in [0.717, 1.165) is 11.1 Å². The second-order valence-corrected chi connectivity index (χ2v) is 11.1. The van der Waals surface area contributed by atoms with Crippen molar-refractivity contribution in [2.24, 2.45) is 0 Å². The molecule has 12 nitrogen and oxygen atoms in total. The first-order chi connectivity index (χ1) is 20.6. The van der Waals surface area contributed by atoms with Crippen LogP contribution in [-0.2, 0) is 26.3 Å². The summed E-state index contributed by atoms with van der Waals surface area (Å²) in [6.07, 6.45) is -1.74. The molecular weight excluding hydrogens is 596 g/mol. The lowest BCUT2D eigenvalue weighted by atomic mass is 9.90. The van der Waals surface area contributed by atoms with Crippen molar-refractivity contribution in [3.63, 3.8) is 0 Å². The van der Waals surface area contributed by atoms with Crippen LogP contribution in [0.4, 0.5) is 5.82 Å². The number of fused-ring (bicyclic) bond motifs is 1. The van der Waals surface area contributed by atoms with E-state index in [1.165, 1.54) is 41.8 Å². The fraction of sp³-hybridized carbons (Fsp3) is 0.276. The molecule has 3 aromatic heterocycles. The number of hydrogen-bond donors (Lipinski definition) is 4. The molecule has 14 heteroatoms. The maximum Gasteiger partial charge on any atom is 0.342 e. The zero-order valence-corrected chi connectivity index (χ0v) is 24.7. The molecule has 0 spiro atoms. The van der Waals surface area contributed by atoms with Crippen molar-refractivity contribution in [3.8, 4) is 11.1 Å². The number of halogens is 1. The molecule has 4 atom stereocenters. The molecule has 224 valence electrons. The molecule has 0 saturated heterocycles. The Morgan fingerprint density at radius 2 is 1.81 bits per heavy atom. The van der Waals surface area contributed by atoms with Crippen LogP contribution in [0.25, 0.3) is 22.3 Å². The molecule has 5 rings (SSSR count). The van der Waals surface area contributed by atoms with Crippen LogP contribution in [-0.4, -0.2) is 71.2 Å². The molecule has 0 aliphatic carbocycles. The van der Waals surface area contributed by atoms with Gasteiger partial charge in [0.25, 0.3) is 0 Å². The van der Waals surface area contributed by atoms with Gasteiger partial charge >= 0.3 is 5.97 Å². The Kier molecular flexibility index (Phi) is 8.74. The second kappa shape index (κ2) is 12.3. The second-order valence-electron chi connectivity index (χ2n) is 10.1. The Morgan fingerprint density at radius 3 is 2.44 bits per heavy atom. The van der Waals surface area contributed by atoms with E-state index in [2.05, 4.69) is 19.9 Å². The molecule has 3 heterocycles. The van der Waals surface area contributed by atoms with Gasteiger partial charge in [0, 0.05) is 18.9 Å². The summed E-state index contributed by atoms with van der Waals surface area (Å²) in [6.45, 7) is 0.887. The summed E-state index contributed by atoms with van der Waals surface area (Å²) in [5.74, 6) is -1.28. The van der Waals surface area contributed by atoms with Crippen LogP contribution in [0.5, 0.6) is 0 Å². The minimum Gasteiger partial charge on any atom is -0.479 e. The molecule has 0 aliphatic heterocycles. The van der Waals surface area contributed by atoms with Crippen LogP contribution in [0.3, 0.4) is 0 Å². The number of aliphatic hydroxyl groups excluding tert-OH is 1. The first kappa shape index (κ1) is 30.5. The number of carboxylic acid groups (broad SMARTS) is 1. The summed E-state index contributed by atoms with van der Waals surface area (Å²) in [6, 6.07) is 17.3. The molecule has 0 unspecified atom stereocenters. The van der Waals surface area contributed by atoms with Gasteiger partial charge in [0.15, 0.2) is 17.7 Å². The van der Waals surface area contributed by atoms with Crippen molar-refractivity contribution in [2.45, 2.75) is 36.9 Å². The lowest BCUT2D eigenvalue weighted by Crippen LogP contribution is -2.52. The van der Waals surface area contributed by atoms with Crippen LogP contribution in [0.1, 0.15) is 24.4 Å². The monoisotopic (exact) mass is 624 g/mol. The van der Waals surface area contributed by atoms with E-state index in [0.29, 0.717) is 5.56 Å². The molecule has 0 saturated carbocycles. The van der Waals surface area contributed by atoms with Crippen LogP contribution < -0.4 is 5.73 Å². The molecule has 5 aromatic rings. The predicted octanol–water partition coefficient (Wildman–Crippen LogP) is 3.68. The van der Waals surface area contributed by atoms with E-state index in [-0.39, 0.29) is 34.4 Å². The number of aliphatic carboxylic acids is 1. The molecule has 2 aromatic carbocycles. The number of rotatable bonds is 12. The standard InChI is InChI=1S/C29H29ClN6O6S/c1-28(40,25(37)36-15-32-22-23(31)34-27(30)35-24(22)36)21(41-2)13-42-29(26(38)39,20-14-43-16-33-20)12-17-8-10-19(11-9-17)18-6-4-3-5-7-18/h3-11,14-16,21,25,37,40H,12-13H2,1-2H3,(H,38,39)(H2,31,34,35)/t21-,25-,28-,29-/m1/s1. The molecule has 0 aliphatic rings. The van der Waals surface area contributed by atoms with Crippen LogP contribution in [0, 0.1) is 0 Å². The van der Waals surface area contributed by atoms with E-state index in [1.807, 2.05) is 54.6 Å². The van der Waals surface area contributed by atoms with Crippen molar-refractivity contribution in [3.05, 3.63) is 88.4 Å². The zero-order chi connectivity index (χ0) is 30.8. The van der Waals surface area contributed by atoms with Gasteiger partial charge in [-0.2, -0.15) is 9.97 Å². The SMILES string of the molecule is CO[C@H](CO[C@@](Cc1ccc(-c2ccccc2)cc1)(C(=O)O)c1cscn1)[C@@](C)(O)[C@@H](O)n1cnc2c(N)nc(Cl)nc21. The number of ether oxygens (including phenoxy) is 2. The van der Waals surface area contributed by atoms with E-state index >= 15 is 0 Å². The van der Waals surface area contributed by atoms with E-state index in [4.69, 9.17) is 26.8 Å². The van der Waals surface area contributed by atoms with Crippen LogP contribution in [0.2, 0.25) is 5.28 Å². The Morgan fingerprint density at radius 1 is 1.12 bits per heavy atom. The van der Waals surface area contributed by atoms with Gasteiger partial charge in [0.05, 0.1) is 24.1 Å². The number of thiazole rings is 1. The molecule has 0 amide bonds. The molecule has 5 N–H and O–H groups in total. The number of methoxy groups -OCH3 is 1. The lowest BCUT2D eigenvalue weighted by Gasteiger charge is -2.38. The third-order valence-electron chi connectivity index (χ3n) is 7.33. The van der Waals surface area contributed by atoms with Gasteiger partial charge < -0.3 is 30.5 Å². The van der Waals surface area contributed by atoms with Crippen molar-refractivity contribution in [2.75, 3.05) is 19.5 Å². The Balaban J connectivity index is 1.43.